The Morgan fingerprint density at radius 1 is 1.18 bits per heavy atom. The number of nitrogens with one attached hydrogen (secondary N) is 2. The SMILES string of the molecule is CCC(CNC(=NC)NC1CCC(C)CC1)N1CCCC1.I. The fourth-order valence-electron chi connectivity index (χ4n) is 3.65. The Hall–Kier alpha value is -0.0400. The number of guanidine groups is 1. The zero-order valence-corrected chi connectivity index (χ0v) is 16.9. The van der Waals surface area contributed by atoms with Crippen LogP contribution >= 0.6 is 24.0 Å². The summed E-state index contributed by atoms with van der Waals surface area (Å²) in [5, 5.41) is 7.17. The summed E-state index contributed by atoms with van der Waals surface area (Å²) >= 11 is 0. The summed E-state index contributed by atoms with van der Waals surface area (Å²) in [6.07, 6.45) is 9.20. The van der Waals surface area contributed by atoms with E-state index in [1.165, 1.54) is 58.0 Å². The van der Waals surface area contributed by atoms with Gasteiger partial charge in [-0.2, -0.15) is 0 Å². The van der Waals surface area contributed by atoms with E-state index >= 15 is 0 Å². The monoisotopic (exact) mass is 422 g/mol. The molecule has 1 unspecified atom stereocenters. The minimum atomic E-state index is 0. The first kappa shape index (κ1) is 20.0. The topological polar surface area (TPSA) is 39.7 Å². The van der Waals surface area contributed by atoms with Crippen molar-refractivity contribution in [2.75, 3.05) is 26.7 Å². The molecule has 4 nitrogen and oxygen atoms in total. The quantitative estimate of drug-likeness (QED) is 0.406. The summed E-state index contributed by atoms with van der Waals surface area (Å²) in [6, 6.07) is 1.26. The normalized spacial score (nSPS) is 28.0. The highest BCUT2D eigenvalue weighted by Crippen LogP contribution is 2.23. The highest BCUT2D eigenvalue weighted by Gasteiger charge is 2.22. The number of likely N-dealkylation sites (tertiary alicyclic amines) is 1. The molecule has 1 aliphatic carbocycles. The molecule has 1 atom stereocenters. The fourth-order valence-corrected chi connectivity index (χ4v) is 3.65. The third-order valence-electron chi connectivity index (χ3n) is 5.21. The molecule has 1 aliphatic heterocycles. The van der Waals surface area contributed by atoms with Gasteiger partial charge in [0, 0.05) is 25.7 Å². The van der Waals surface area contributed by atoms with Crippen molar-refractivity contribution in [1.82, 2.24) is 15.5 Å². The third kappa shape index (κ3) is 6.22. The number of rotatable bonds is 5. The standard InChI is InChI=1S/C17H34N4.HI/c1-4-16(21-11-5-6-12-21)13-19-17(18-3)20-15-9-7-14(2)8-10-15;/h14-16H,4-13H2,1-3H3,(H2,18,19,20);1H. The number of halogens is 1. The second kappa shape index (κ2) is 10.7. The molecule has 2 N–H and O–H groups in total. The fraction of sp³-hybridized carbons (Fsp3) is 0.941. The van der Waals surface area contributed by atoms with Crippen molar-refractivity contribution in [3.8, 4) is 0 Å². The molecule has 1 saturated carbocycles. The maximum Gasteiger partial charge on any atom is 0.191 e. The molecule has 5 heteroatoms. The molecule has 0 aromatic heterocycles. The maximum atomic E-state index is 4.41. The second-order valence-electron chi connectivity index (χ2n) is 6.86. The van der Waals surface area contributed by atoms with E-state index in [9.17, 15) is 0 Å². The summed E-state index contributed by atoms with van der Waals surface area (Å²) in [7, 11) is 1.89. The van der Waals surface area contributed by atoms with Crippen molar-refractivity contribution in [3.63, 3.8) is 0 Å². The molecule has 0 aromatic carbocycles. The Kier molecular flexibility index (Phi) is 9.71. The Labute approximate surface area is 153 Å². The van der Waals surface area contributed by atoms with E-state index < -0.39 is 0 Å². The number of hydrogen-bond donors (Lipinski definition) is 2. The Morgan fingerprint density at radius 3 is 2.36 bits per heavy atom. The zero-order valence-electron chi connectivity index (χ0n) is 14.6. The molecule has 2 aliphatic rings. The average molecular weight is 422 g/mol. The molecule has 0 amide bonds. The summed E-state index contributed by atoms with van der Waals surface area (Å²) in [6.45, 7) is 8.22. The highest BCUT2D eigenvalue weighted by atomic mass is 127. The van der Waals surface area contributed by atoms with E-state index in [-0.39, 0.29) is 24.0 Å². The van der Waals surface area contributed by atoms with Gasteiger partial charge in [0.1, 0.15) is 0 Å². The first-order valence-electron chi connectivity index (χ1n) is 8.94. The summed E-state index contributed by atoms with van der Waals surface area (Å²) in [5.41, 5.74) is 0. The van der Waals surface area contributed by atoms with E-state index in [0.29, 0.717) is 12.1 Å². The summed E-state index contributed by atoms with van der Waals surface area (Å²) < 4.78 is 0. The van der Waals surface area contributed by atoms with Crippen LogP contribution in [-0.4, -0.2) is 49.6 Å². The Bertz CT molecular complexity index is 321. The molecule has 0 aromatic rings. The Morgan fingerprint density at radius 2 is 1.82 bits per heavy atom. The van der Waals surface area contributed by atoms with Crippen molar-refractivity contribution < 1.29 is 0 Å². The average Bonchev–Trinajstić information content (AvgIpc) is 3.03. The zero-order chi connectivity index (χ0) is 15.1. The van der Waals surface area contributed by atoms with Crippen molar-refractivity contribution >= 4 is 29.9 Å². The lowest BCUT2D eigenvalue weighted by atomic mass is 9.87. The lowest BCUT2D eigenvalue weighted by molar-refractivity contribution is 0.235. The molecule has 0 radical (unpaired) electrons. The van der Waals surface area contributed by atoms with Gasteiger partial charge in [0.2, 0.25) is 0 Å². The minimum Gasteiger partial charge on any atom is -0.355 e. The molecule has 2 rings (SSSR count). The van der Waals surface area contributed by atoms with Crippen molar-refractivity contribution in [1.29, 1.82) is 0 Å². The van der Waals surface area contributed by atoms with Gasteiger partial charge in [0.25, 0.3) is 0 Å². The van der Waals surface area contributed by atoms with Crippen molar-refractivity contribution in [2.24, 2.45) is 10.9 Å². The largest absolute Gasteiger partial charge is 0.355 e. The molecule has 0 spiro atoms. The summed E-state index contributed by atoms with van der Waals surface area (Å²) in [5.74, 6) is 1.89. The first-order valence-corrected chi connectivity index (χ1v) is 8.94. The van der Waals surface area contributed by atoms with E-state index in [2.05, 4.69) is 34.4 Å². The van der Waals surface area contributed by atoms with Crippen LogP contribution in [0.15, 0.2) is 4.99 Å². The second-order valence-corrected chi connectivity index (χ2v) is 6.86. The van der Waals surface area contributed by atoms with Gasteiger partial charge in [-0.25, -0.2) is 0 Å². The van der Waals surface area contributed by atoms with Gasteiger partial charge in [-0.1, -0.05) is 13.8 Å². The highest BCUT2D eigenvalue weighted by molar-refractivity contribution is 14.0. The lowest BCUT2D eigenvalue weighted by Gasteiger charge is -2.30. The van der Waals surface area contributed by atoms with Crippen LogP contribution in [0, 0.1) is 5.92 Å². The molecule has 0 bridgehead atoms. The number of hydrogen-bond acceptors (Lipinski definition) is 2. The number of nitrogens with zero attached hydrogens (tertiary/aromatic N) is 2. The van der Waals surface area contributed by atoms with Crippen LogP contribution in [0.3, 0.4) is 0 Å². The number of aliphatic imine (C=N–C) groups is 1. The van der Waals surface area contributed by atoms with Crippen molar-refractivity contribution in [3.05, 3.63) is 0 Å². The van der Waals surface area contributed by atoms with Crippen LogP contribution in [0.2, 0.25) is 0 Å². The van der Waals surface area contributed by atoms with Crippen LogP contribution < -0.4 is 10.6 Å². The minimum absolute atomic E-state index is 0. The van der Waals surface area contributed by atoms with Crippen LogP contribution in [0.1, 0.15) is 58.8 Å². The van der Waals surface area contributed by atoms with Crippen LogP contribution in [0.4, 0.5) is 0 Å². The first-order chi connectivity index (χ1) is 10.2. The van der Waals surface area contributed by atoms with Crippen LogP contribution in [0.5, 0.6) is 0 Å². The van der Waals surface area contributed by atoms with Crippen molar-refractivity contribution in [2.45, 2.75) is 70.9 Å². The van der Waals surface area contributed by atoms with E-state index in [4.69, 9.17) is 0 Å². The van der Waals surface area contributed by atoms with Gasteiger partial charge in [-0.05, 0) is 64.0 Å². The molecular weight excluding hydrogens is 387 g/mol. The van der Waals surface area contributed by atoms with E-state index in [0.717, 1.165) is 18.4 Å². The Balaban J connectivity index is 0.00000242. The molecule has 22 heavy (non-hydrogen) atoms. The maximum absolute atomic E-state index is 4.41. The van der Waals surface area contributed by atoms with Gasteiger partial charge >= 0.3 is 0 Å². The van der Waals surface area contributed by atoms with Crippen LogP contribution in [0.25, 0.3) is 0 Å². The molecule has 1 heterocycles. The van der Waals surface area contributed by atoms with Gasteiger partial charge < -0.3 is 10.6 Å². The van der Waals surface area contributed by atoms with Gasteiger partial charge in [-0.15, -0.1) is 24.0 Å². The molecular formula is C17H35IN4. The van der Waals surface area contributed by atoms with Gasteiger partial charge in [0.15, 0.2) is 5.96 Å². The third-order valence-corrected chi connectivity index (χ3v) is 5.21. The predicted octanol–water partition coefficient (Wildman–Crippen LogP) is 3.22. The molecule has 1 saturated heterocycles. The lowest BCUT2D eigenvalue weighted by Crippen LogP contribution is -2.49. The predicted molar refractivity (Wildman–Crippen MR) is 106 cm³/mol. The van der Waals surface area contributed by atoms with Crippen LogP contribution in [-0.2, 0) is 0 Å². The smallest absolute Gasteiger partial charge is 0.191 e. The van der Waals surface area contributed by atoms with E-state index in [1.807, 2.05) is 7.05 Å². The molecule has 130 valence electrons. The van der Waals surface area contributed by atoms with E-state index in [1.54, 1.807) is 0 Å². The summed E-state index contributed by atoms with van der Waals surface area (Å²) in [4.78, 5) is 7.04. The molecule has 2 fully saturated rings. The van der Waals surface area contributed by atoms with Gasteiger partial charge in [-0.3, -0.25) is 9.89 Å². The van der Waals surface area contributed by atoms with Gasteiger partial charge in [0.05, 0.1) is 0 Å².